The second-order valence-corrected chi connectivity index (χ2v) is 5.44. The van der Waals surface area contributed by atoms with Gasteiger partial charge in [-0.2, -0.15) is 0 Å². The maximum atomic E-state index is 13.6. The maximum Gasteiger partial charge on any atom is 0.126 e. The van der Waals surface area contributed by atoms with Crippen molar-refractivity contribution in [3.05, 3.63) is 35.6 Å². The van der Waals surface area contributed by atoms with E-state index >= 15 is 0 Å². The van der Waals surface area contributed by atoms with Crippen molar-refractivity contribution in [1.29, 1.82) is 0 Å². The van der Waals surface area contributed by atoms with Gasteiger partial charge in [0.05, 0.1) is 5.60 Å². The number of halogens is 1. The van der Waals surface area contributed by atoms with Crippen molar-refractivity contribution in [2.45, 2.75) is 37.3 Å². The fourth-order valence-electron chi connectivity index (χ4n) is 2.78. The van der Waals surface area contributed by atoms with E-state index in [0.717, 1.165) is 13.0 Å². The highest BCUT2D eigenvalue weighted by molar-refractivity contribution is 5.20. The normalized spacial score (nSPS) is 29.8. The van der Waals surface area contributed by atoms with Crippen LogP contribution in [-0.4, -0.2) is 34.7 Å². The number of likely N-dealkylation sites (tertiary alicyclic amines) is 1. The molecule has 1 saturated heterocycles. The van der Waals surface area contributed by atoms with Gasteiger partial charge in [-0.15, -0.1) is 0 Å². The Morgan fingerprint density at radius 3 is 2.82 bits per heavy atom. The molecule has 17 heavy (non-hydrogen) atoms. The summed E-state index contributed by atoms with van der Waals surface area (Å²) in [5.41, 5.74) is -0.0993. The Balaban J connectivity index is 1.70. The number of nitrogens with zero attached hydrogens (tertiary/aromatic N) is 1. The van der Waals surface area contributed by atoms with E-state index in [4.69, 9.17) is 0 Å². The first kappa shape index (κ1) is 11.2. The maximum absolute atomic E-state index is 13.6. The van der Waals surface area contributed by atoms with E-state index in [1.165, 1.54) is 18.9 Å². The van der Waals surface area contributed by atoms with Crippen LogP contribution in [-0.2, 0) is 6.42 Å². The van der Waals surface area contributed by atoms with Gasteiger partial charge in [-0.25, -0.2) is 4.39 Å². The van der Waals surface area contributed by atoms with Crippen LogP contribution in [0.15, 0.2) is 24.3 Å². The summed E-state index contributed by atoms with van der Waals surface area (Å²) in [6.45, 7) is 1.65. The van der Waals surface area contributed by atoms with E-state index in [9.17, 15) is 9.50 Å². The van der Waals surface area contributed by atoms with E-state index in [1.54, 1.807) is 12.1 Å². The number of hydrogen-bond acceptors (Lipinski definition) is 2. The third-order valence-corrected chi connectivity index (χ3v) is 3.90. The number of hydrogen-bond donors (Lipinski definition) is 1. The van der Waals surface area contributed by atoms with Crippen LogP contribution in [0.2, 0.25) is 0 Å². The topological polar surface area (TPSA) is 23.5 Å². The molecule has 92 valence electrons. The van der Waals surface area contributed by atoms with Crippen molar-refractivity contribution in [2.75, 3.05) is 13.1 Å². The van der Waals surface area contributed by atoms with Crippen molar-refractivity contribution in [1.82, 2.24) is 4.90 Å². The van der Waals surface area contributed by atoms with Gasteiger partial charge in [0.25, 0.3) is 0 Å². The molecular weight excluding hydrogens is 217 g/mol. The van der Waals surface area contributed by atoms with Crippen LogP contribution < -0.4 is 0 Å². The predicted octanol–water partition coefficient (Wildman–Crippen LogP) is 1.97. The van der Waals surface area contributed by atoms with Gasteiger partial charge in [0, 0.05) is 25.6 Å². The number of β-amino-alcohol motifs (C(OH)–C–C–N with tert-alkyl or cyclic N) is 1. The lowest BCUT2D eigenvalue weighted by molar-refractivity contribution is 0.0479. The van der Waals surface area contributed by atoms with Crippen LogP contribution in [0, 0.1) is 5.82 Å². The Labute approximate surface area is 101 Å². The van der Waals surface area contributed by atoms with Crippen LogP contribution >= 0.6 is 0 Å². The second-order valence-electron chi connectivity index (χ2n) is 5.44. The number of rotatable bonds is 3. The molecule has 2 nitrogen and oxygen atoms in total. The molecular formula is C14H18FNO. The summed E-state index contributed by atoms with van der Waals surface area (Å²) in [7, 11) is 0. The average Bonchev–Trinajstić information content (AvgIpc) is 3.07. The molecule has 1 aromatic rings. The van der Waals surface area contributed by atoms with Gasteiger partial charge < -0.3 is 5.11 Å². The largest absolute Gasteiger partial charge is 0.388 e. The lowest BCUT2D eigenvalue weighted by atomic mass is 9.93. The first-order chi connectivity index (χ1) is 8.16. The van der Waals surface area contributed by atoms with Gasteiger partial charge in [0.15, 0.2) is 0 Å². The fraction of sp³-hybridized carbons (Fsp3) is 0.571. The molecule has 1 aliphatic carbocycles. The molecule has 0 bridgehead atoms. The SMILES string of the molecule is OC1(Cc2ccccc2F)CCN(C2CC2)C1. The minimum Gasteiger partial charge on any atom is -0.388 e. The van der Waals surface area contributed by atoms with E-state index < -0.39 is 5.60 Å². The summed E-state index contributed by atoms with van der Waals surface area (Å²) in [6, 6.07) is 7.44. The Bertz CT molecular complexity index is 418. The molecule has 0 amide bonds. The van der Waals surface area contributed by atoms with E-state index in [2.05, 4.69) is 4.90 Å². The molecule has 1 heterocycles. The summed E-state index contributed by atoms with van der Waals surface area (Å²) >= 11 is 0. The highest BCUT2D eigenvalue weighted by Gasteiger charge is 2.42. The van der Waals surface area contributed by atoms with Crippen molar-refractivity contribution in [3.8, 4) is 0 Å². The molecule has 2 fully saturated rings. The lowest BCUT2D eigenvalue weighted by Gasteiger charge is -2.23. The minimum atomic E-state index is -0.731. The molecule has 3 heteroatoms. The van der Waals surface area contributed by atoms with Crippen LogP contribution in [0.1, 0.15) is 24.8 Å². The molecule has 1 aromatic carbocycles. The van der Waals surface area contributed by atoms with E-state index in [1.807, 2.05) is 6.07 Å². The highest BCUT2D eigenvalue weighted by atomic mass is 19.1. The van der Waals surface area contributed by atoms with Crippen LogP contribution in [0.5, 0.6) is 0 Å². The third kappa shape index (κ3) is 2.35. The van der Waals surface area contributed by atoms with Gasteiger partial charge in [0.1, 0.15) is 5.82 Å². The standard InChI is InChI=1S/C14H18FNO/c15-13-4-2-1-3-11(13)9-14(17)7-8-16(10-14)12-5-6-12/h1-4,12,17H,5-10H2. The second kappa shape index (κ2) is 4.07. The summed E-state index contributed by atoms with van der Waals surface area (Å²) in [5, 5.41) is 10.5. The van der Waals surface area contributed by atoms with Gasteiger partial charge in [0.2, 0.25) is 0 Å². The average molecular weight is 235 g/mol. The predicted molar refractivity (Wildman–Crippen MR) is 64.3 cm³/mol. The van der Waals surface area contributed by atoms with Crippen LogP contribution in [0.25, 0.3) is 0 Å². The lowest BCUT2D eigenvalue weighted by Crippen LogP contribution is -2.36. The van der Waals surface area contributed by atoms with Gasteiger partial charge in [-0.3, -0.25) is 4.90 Å². The van der Waals surface area contributed by atoms with Gasteiger partial charge >= 0.3 is 0 Å². The molecule has 1 atom stereocenters. The number of benzene rings is 1. The van der Waals surface area contributed by atoms with Crippen molar-refractivity contribution < 1.29 is 9.50 Å². The van der Waals surface area contributed by atoms with Crippen LogP contribution in [0.4, 0.5) is 4.39 Å². The summed E-state index contributed by atoms with van der Waals surface area (Å²) < 4.78 is 13.6. The zero-order chi connectivity index (χ0) is 11.9. The zero-order valence-corrected chi connectivity index (χ0v) is 9.90. The van der Waals surface area contributed by atoms with Crippen molar-refractivity contribution in [3.63, 3.8) is 0 Å². The van der Waals surface area contributed by atoms with Crippen LogP contribution in [0.3, 0.4) is 0 Å². The monoisotopic (exact) mass is 235 g/mol. The smallest absolute Gasteiger partial charge is 0.126 e. The fourth-order valence-corrected chi connectivity index (χ4v) is 2.78. The van der Waals surface area contributed by atoms with Crippen molar-refractivity contribution in [2.24, 2.45) is 0 Å². The van der Waals surface area contributed by atoms with Crippen molar-refractivity contribution >= 4 is 0 Å². The molecule has 1 saturated carbocycles. The third-order valence-electron chi connectivity index (χ3n) is 3.90. The molecule has 3 rings (SSSR count). The van der Waals surface area contributed by atoms with E-state index in [0.29, 0.717) is 24.6 Å². The Hall–Kier alpha value is -0.930. The van der Waals surface area contributed by atoms with E-state index in [-0.39, 0.29) is 5.82 Å². The van der Waals surface area contributed by atoms with Gasteiger partial charge in [-0.1, -0.05) is 18.2 Å². The first-order valence-corrected chi connectivity index (χ1v) is 6.36. The first-order valence-electron chi connectivity index (χ1n) is 6.36. The van der Waals surface area contributed by atoms with Gasteiger partial charge in [-0.05, 0) is 30.9 Å². The molecule has 2 aliphatic rings. The minimum absolute atomic E-state index is 0.203. The molecule has 1 aliphatic heterocycles. The molecule has 1 N–H and O–H groups in total. The number of aliphatic hydroxyl groups is 1. The highest BCUT2D eigenvalue weighted by Crippen LogP contribution is 2.35. The summed E-state index contributed by atoms with van der Waals surface area (Å²) in [6.07, 6.45) is 3.71. The Morgan fingerprint density at radius 2 is 2.12 bits per heavy atom. The quantitative estimate of drug-likeness (QED) is 0.865. The summed E-state index contributed by atoms with van der Waals surface area (Å²) in [4.78, 5) is 2.35. The molecule has 0 radical (unpaired) electrons. The molecule has 1 unspecified atom stereocenters. The Kier molecular flexibility index (Phi) is 2.68. The molecule has 0 aromatic heterocycles. The molecule has 0 spiro atoms. The Morgan fingerprint density at radius 1 is 1.35 bits per heavy atom. The summed E-state index contributed by atoms with van der Waals surface area (Å²) in [5.74, 6) is -0.203. The zero-order valence-electron chi connectivity index (χ0n) is 9.90.